The van der Waals surface area contributed by atoms with Gasteiger partial charge in [-0.25, -0.2) is 9.67 Å². The Morgan fingerprint density at radius 2 is 1.16 bits per heavy atom. The Morgan fingerprint density at radius 3 is 1.57 bits per heavy atom. The molecule has 0 N–H and O–H groups in total. The van der Waals surface area contributed by atoms with Crippen LogP contribution in [0.5, 0.6) is 0 Å². The van der Waals surface area contributed by atoms with Gasteiger partial charge in [0.25, 0.3) is 5.69 Å². The van der Waals surface area contributed by atoms with E-state index < -0.39 is 79.3 Å². The third-order valence-electron chi connectivity index (χ3n) is 4.26. The fraction of sp³-hybridized carbons (Fsp3) is 0.429. The highest BCUT2D eigenvalue weighted by Crippen LogP contribution is 2.54. The number of aromatic nitrogens is 3. The van der Waals surface area contributed by atoms with E-state index in [1.807, 2.05) is 5.10 Å². The molecule has 0 aliphatic heterocycles. The standard InChI is InChI=1S/C14H3F14N5O4/c15-9(16,11(19,20)13(23,24)25)7-29-8(10(17,18)12(21,22)14(26,27)28)31(30-7)5-2-1-4(32(34)35)3-6(5)33(36)37/h1-3H. The second kappa shape index (κ2) is 8.36. The summed E-state index contributed by atoms with van der Waals surface area (Å²) in [5.41, 5.74) is -5.06. The van der Waals surface area contributed by atoms with Crippen molar-refractivity contribution in [2.24, 2.45) is 0 Å². The molecule has 23 heteroatoms. The van der Waals surface area contributed by atoms with Gasteiger partial charge in [-0.2, -0.15) is 61.5 Å². The Balaban J connectivity index is 3.04. The van der Waals surface area contributed by atoms with Gasteiger partial charge < -0.3 is 0 Å². The van der Waals surface area contributed by atoms with E-state index in [1.54, 1.807) is 4.98 Å². The number of nitrogens with zero attached hydrogens (tertiary/aromatic N) is 5. The molecule has 0 aliphatic carbocycles. The van der Waals surface area contributed by atoms with E-state index in [9.17, 15) is 81.7 Å². The summed E-state index contributed by atoms with van der Waals surface area (Å²) < 4.78 is 184. The topological polar surface area (TPSA) is 117 Å². The number of nitro benzene ring substituents is 2. The summed E-state index contributed by atoms with van der Waals surface area (Å²) in [7, 11) is 0. The molecule has 37 heavy (non-hydrogen) atoms. The molecule has 2 aromatic rings. The fourth-order valence-electron chi connectivity index (χ4n) is 2.40. The summed E-state index contributed by atoms with van der Waals surface area (Å²) >= 11 is 0. The van der Waals surface area contributed by atoms with Crippen molar-refractivity contribution >= 4 is 11.4 Å². The van der Waals surface area contributed by atoms with Crippen molar-refractivity contribution in [2.75, 3.05) is 0 Å². The van der Waals surface area contributed by atoms with Crippen molar-refractivity contribution in [3.63, 3.8) is 0 Å². The van der Waals surface area contributed by atoms with Gasteiger partial charge in [0.1, 0.15) is 5.69 Å². The minimum absolute atomic E-state index is 0.107. The molecule has 0 atom stereocenters. The van der Waals surface area contributed by atoms with Gasteiger partial charge in [-0.1, -0.05) is 0 Å². The molecule has 0 saturated heterocycles. The van der Waals surface area contributed by atoms with Gasteiger partial charge in [0.2, 0.25) is 11.6 Å². The molecule has 0 fully saturated rings. The molecule has 0 radical (unpaired) electrons. The second-order valence-electron chi connectivity index (χ2n) is 6.65. The lowest BCUT2D eigenvalue weighted by atomic mass is 10.1. The number of rotatable bonds is 7. The number of hydrogen-bond donors (Lipinski definition) is 0. The van der Waals surface area contributed by atoms with Gasteiger partial charge in [-0.05, 0) is 6.07 Å². The predicted octanol–water partition coefficient (Wildman–Crippen LogP) is 5.66. The predicted molar refractivity (Wildman–Crippen MR) is 84.5 cm³/mol. The fourth-order valence-corrected chi connectivity index (χ4v) is 2.40. The lowest BCUT2D eigenvalue weighted by Crippen LogP contribution is -2.51. The summed E-state index contributed by atoms with van der Waals surface area (Å²) in [5.74, 6) is -35.1. The average Bonchev–Trinajstić information content (AvgIpc) is 3.18. The van der Waals surface area contributed by atoms with Gasteiger partial charge in [-0.3, -0.25) is 20.2 Å². The smallest absolute Gasteiger partial charge is 0.258 e. The first kappa shape index (κ1) is 29.4. The van der Waals surface area contributed by atoms with E-state index in [-0.39, 0.29) is 18.2 Å². The lowest BCUT2D eigenvalue weighted by molar-refractivity contribution is -0.394. The van der Waals surface area contributed by atoms with E-state index >= 15 is 0 Å². The molecule has 0 saturated carbocycles. The molecular formula is C14H3F14N5O4. The summed E-state index contributed by atoms with van der Waals surface area (Å²) in [6, 6.07) is -0.182. The van der Waals surface area contributed by atoms with Crippen LogP contribution in [0.4, 0.5) is 72.8 Å². The van der Waals surface area contributed by atoms with Gasteiger partial charge in [0.15, 0.2) is 0 Å². The van der Waals surface area contributed by atoms with Crippen molar-refractivity contribution < 1.29 is 71.3 Å². The molecule has 0 unspecified atom stereocenters. The van der Waals surface area contributed by atoms with Crippen LogP contribution in [0.15, 0.2) is 18.2 Å². The monoisotopic (exact) mass is 571 g/mol. The minimum Gasteiger partial charge on any atom is -0.258 e. The van der Waals surface area contributed by atoms with Crippen LogP contribution >= 0.6 is 0 Å². The Morgan fingerprint density at radius 1 is 0.703 bits per heavy atom. The summed E-state index contributed by atoms with van der Waals surface area (Å²) in [6.45, 7) is 0. The molecule has 0 spiro atoms. The van der Waals surface area contributed by atoms with Crippen LogP contribution in [-0.4, -0.2) is 48.8 Å². The maximum atomic E-state index is 14.3. The number of non-ortho nitro benzene ring substituents is 1. The summed E-state index contributed by atoms with van der Waals surface area (Å²) in [4.78, 5) is 20.4. The van der Waals surface area contributed by atoms with Crippen molar-refractivity contribution in [2.45, 2.75) is 36.0 Å². The molecule has 1 aromatic heterocycles. The molecule has 0 aliphatic rings. The van der Waals surface area contributed by atoms with Crippen LogP contribution in [0.1, 0.15) is 11.6 Å². The van der Waals surface area contributed by atoms with E-state index in [4.69, 9.17) is 0 Å². The number of benzene rings is 1. The van der Waals surface area contributed by atoms with Crippen molar-refractivity contribution in [3.8, 4) is 5.69 Å². The van der Waals surface area contributed by atoms with E-state index in [1.165, 1.54) is 0 Å². The van der Waals surface area contributed by atoms with Gasteiger partial charge >= 0.3 is 41.7 Å². The Labute approximate surface area is 190 Å². The van der Waals surface area contributed by atoms with Crippen LogP contribution in [0.3, 0.4) is 0 Å². The normalized spacial score (nSPS) is 14.1. The summed E-state index contributed by atoms with van der Waals surface area (Å²) in [5, 5.41) is 23.9. The van der Waals surface area contributed by atoms with Crippen LogP contribution in [0.25, 0.3) is 5.69 Å². The van der Waals surface area contributed by atoms with E-state index in [2.05, 4.69) is 0 Å². The quantitative estimate of drug-likeness (QED) is 0.241. The van der Waals surface area contributed by atoms with E-state index in [0.29, 0.717) is 0 Å². The van der Waals surface area contributed by atoms with Gasteiger partial charge in [-0.15, -0.1) is 5.10 Å². The summed E-state index contributed by atoms with van der Waals surface area (Å²) in [6.07, 6.45) is -14.4. The molecular weight excluding hydrogens is 568 g/mol. The number of alkyl halides is 14. The molecule has 2 rings (SSSR count). The zero-order chi connectivity index (χ0) is 29.2. The number of hydrogen-bond acceptors (Lipinski definition) is 6. The third-order valence-corrected chi connectivity index (χ3v) is 4.26. The largest absolute Gasteiger partial charge is 0.460 e. The minimum atomic E-state index is -7.31. The second-order valence-corrected chi connectivity index (χ2v) is 6.65. The van der Waals surface area contributed by atoms with Gasteiger partial charge in [0.05, 0.1) is 15.9 Å². The van der Waals surface area contributed by atoms with Gasteiger partial charge in [0, 0.05) is 6.07 Å². The first-order chi connectivity index (χ1) is 16.3. The average molecular weight is 571 g/mol. The van der Waals surface area contributed by atoms with Crippen LogP contribution in [0, 0.1) is 20.2 Å². The highest BCUT2D eigenvalue weighted by Gasteiger charge is 2.78. The Hall–Kier alpha value is -3.82. The molecule has 9 nitrogen and oxygen atoms in total. The molecule has 0 amide bonds. The van der Waals surface area contributed by atoms with Crippen molar-refractivity contribution in [1.82, 2.24) is 14.8 Å². The molecule has 1 heterocycles. The first-order valence-corrected chi connectivity index (χ1v) is 8.38. The molecule has 1 aromatic carbocycles. The first-order valence-electron chi connectivity index (χ1n) is 8.38. The Kier molecular flexibility index (Phi) is 6.64. The SMILES string of the molecule is O=[N+]([O-])c1ccc(-n2nc(C(F)(F)C(F)(F)C(F)(F)F)nc2C(F)(F)C(F)(F)C(F)(F)F)c([N+](=O)[O-])c1. The van der Waals surface area contributed by atoms with Crippen LogP contribution in [0.2, 0.25) is 0 Å². The van der Waals surface area contributed by atoms with Crippen LogP contribution in [-0.2, 0) is 11.8 Å². The lowest BCUT2D eigenvalue weighted by Gasteiger charge is -2.27. The number of halogens is 14. The molecule has 206 valence electrons. The van der Waals surface area contributed by atoms with E-state index in [0.717, 1.165) is 0 Å². The zero-order valence-corrected chi connectivity index (χ0v) is 16.4. The Bertz CT molecular complexity index is 1240. The maximum Gasteiger partial charge on any atom is 0.460 e. The zero-order valence-electron chi connectivity index (χ0n) is 16.4. The third kappa shape index (κ3) is 4.45. The van der Waals surface area contributed by atoms with Crippen molar-refractivity contribution in [1.29, 1.82) is 0 Å². The maximum absolute atomic E-state index is 14.3. The highest BCUT2D eigenvalue weighted by atomic mass is 19.4. The van der Waals surface area contributed by atoms with Crippen LogP contribution < -0.4 is 0 Å². The molecule has 0 bridgehead atoms. The highest BCUT2D eigenvalue weighted by molar-refractivity contribution is 5.58. The van der Waals surface area contributed by atoms with Crippen molar-refractivity contribution in [3.05, 3.63) is 50.1 Å². The number of nitro groups is 2.